The number of aryl methyl sites for hydroxylation is 2. The fraction of sp³-hybridized carbons (Fsp3) is 0.625. The number of nitrogens with zero attached hydrogens (tertiary/aromatic N) is 7. The molecule has 1 saturated heterocycles. The Kier molecular flexibility index (Phi) is 7.31. The molecule has 1 saturated carbocycles. The van der Waals surface area contributed by atoms with Gasteiger partial charge in [-0.05, 0) is 94.3 Å². The Morgan fingerprint density at radius 1 is 1.02 bits per heavy atom. The number of nitrogens with one attached hydrogen (secondary N) is 1. The highest BCUT2D eigenvalue weighted by molar-refractivity contribution is 5.75. The zero-order valence-electron chi connectivity index (χ0n) is 24.7. The highest BCUT2D eigenvalue weighted by Crippen LogP contribution is 2.42. The number of fused-ring (bicyclic) bond motifs is 2. The van der Waals surface area contributed by atoms with E-state index < -0.39 is 0 Å². The normalized spacial score (nSPS) is 23.4. The highest BCUT2D eigenvalue weighted by Gasteiger charge is 2.34. The van der Waals surface area contributed by atoms with Crippen LogP contribution >= 0.6 is 0 Å². The standard InChI is InChI=1S/C32H44N8O/c1-22(41)38-15-11-30-28(21-38)32(36-40(30)27-7-5-23(6-8-27)16-24-9-12-33-13-10-24)39-14-3-4-25-17-29(34-19-31(25)39)26-18-35-37(2)20-26/h17-20,23-24,27,33H,3-16,21H2,1-2H3. The summed E-state index contributed by atoms with van der Waals surface area (Å²) < 4.78 is 4.22. The van der Waals surface area contributed by atoms with Crippen molar-refractivity contribution in [3.63, 3.8) is 0 Å². The first kappa shape index (κ1) is 26.7. The van der Waals surface area contributed by atoms with Gasteiger partial charge in [-0.15, -0.1) is 0 Å². The fourth-order valence-electron chi connectivity index (χ4n) is 7.84. The van der Waals surface area contributed by atoms with Gasteiger partial charge in [0.2, 0.25) is 5.91 Å². The molecular formula is C32H44N8O. The second-order valence-electron chi connectivity index (χ2n) is 12.8. The van der Waals surface area contributed by atoms with Gasteiger partial charge in [-0.25, -0.2) is 0 Å². The molecule has 3 aromatic heterocycles. The summed E-state index contributed by atoms with van der Waals surface area (Å²) in [6.45, 7) is 6.44. The quantitative estimate of drug-likeness (QED) is 0.487. The van der Waals surface area contributed by atoms with Crippen LogP contribution in [0.4, 0.5) is 11.5 Å². The van der Waals surface area contributed by atoms with Crippen molar-refractivity contribution in [1.29, 1.82) is 0 Å². The van der Waals surface area contributed by atoms with Gasteiger partial charge in [0.25, 0.3) is 0 Å². The minimum Gasteiger partial charge on any atom is -0.338 e. The van der Waals surface area contributed by atoms with Crippen molar-refractivity contribution >= 4 is 17.4 Å². The van der Waals surface area contributed by atoms with Gasteiger partial charge in [0.15, 0.2) is 5.82 Å². The number of anilines is 2. The second-order valence-corrected chi connectivity index (χ2v) is 12.8. The van der Waals surface area contributed by atoms with Crippen molar-refractivity contribution in [2.75, 3.05) is 31.1 Å². The Balaban J connectivity index is 1.17. The van der Waals surface area contributed by atoms with Gasteiger partial charge in [-0.1, -0.05) is 0 Å². The van der Waals surface area contributed by atoms with E-state index in [0.717, 1.165) is 67.0 Å². The summed E-state index contributed by atoms with van der Waals surface area (Å²) in [4.78, 5) is 21.7. The third-order valence-corrected chi connectivity index (χ3v) is 10.1. The number of amides is 1. The molecule has 0 atom stereocenters. The summed E-state index contributed by atoms with van der Waals surface area (Å²) in [5.41, 5.74) is 7.07. The molecule has 0 spiro atoms. The van der Waals surface area contributed by atoms with Gasteiger partial charge in [0.05, 0.1) is 36.4 Å². The maximum absolute atomic E-state index is 12.4. The van der Waals surface area contributed by atoms with Crippen molar-refractivity contribution < 1.29 is 4.79 Å². The first-order valence-electron chi connectivity index (χ1n) is 15.9. The molecule has 218 valence electrons. The minimum atomic E-state index is 0.148. The van der Waals surface area contributed by atoms with Crippen LogP contribution in [0, 0.1) is 11.8 Å². The van der Waals surface area contributed by atoms with E-state index in [2.05, 4.69) is 26.1 Å². The molecule has 2 fully saturated rings. The van der Waals surface area contributed by atoms with E-state index in [1.54, 1.807) is 6.92 Å². The van der Waals surface area contributed by atoms with Crippen molar-refractivity contribution in [3.8, 4) is 11.3 Å². The Morgan fingerprint density at radius 2 is 1.83 bits per heavy atom. The smallest absolute Gasteiger partial charge is 0.219 e. The van der Waals surface area contributed by atoms with E-state index in [0.29, 0.717) is 12.6 Å². The molecule has 6 heterocycles. The first-order valence-corrected chi connectivity index (χ1v) is 15.9. The van der Waals surface area contributed by atoms with Crippen LogP contribution in [0.2, 0.25) is 0 Å². The molecule has 9 nitrogen and oxygen atoms in total. The third-order valence-electron chi connectivity index (χ3n) is 10.1. The van der Waals surface area contributed by atoms with Crippen LogP contribution in [-0.2, 0) is 31.2 Å². The minimum absolute atomic E-state index is 0.148. The molecule has 1 amide bonds. The maximum Gasteiger partial charge on any atom is 0.219 e. The van der Waals surface area contributed by atoms with Crippen LogP contribution in [0.25, 0.3) is 11.3 Å². The molecule has 0 unspecified atom stereocenters. The van der Waals surface area contributed by atoms with Crippen molar-refractivity contribution in [3.05, 3.63) is 41.5 Å². The topological polar surface area (TPSA) is 84.1 Å². The largest absolute Gasteiger partial charge is 0.338 e. The van der Waals surface area contributed by atoms with Crippen LogP contribution in [0.5, 0.6) is 0 Å². The van der Waals surface area contributed by atoms with Crippen LogP contribution in [-0.4, -0.2) is 61.5 Å². The monoisotopic (exact) mass is 556 g/mol. The lowest BCUT2D eigenvalue weighted by molar-refractivity contribution is -0.129. The molecule has 4 aliphatic rings. The van der Waals surface area contributed by atoms with Gasteiger partial charge < -0.3 is 15.1 Å². The molecular weight excluding hydrogens is 512 g/mol. The van der Waals surface area contributed by atoms with E-state index >= 15 is 0 Å². The van der Waals surface area contributed by atoms with Crippen LogP contribution in [0.15, 0.2) is 24.7 Å². The number of hydrogen-bond donors (Lipinski definition) is 1. The molecule has 0 radical (unpaired) electrons. The van der Waals surface area contributed by atoms with E-state index in [-0.39, 0.29) is 5.91 Å². The number of carbonyl (C=O) groups excluding carboxylic acids is 1. The molecule has 7 rings (SSSR count). The average Bonchev–Trinajstić information content (AvgIpc) is 3.61. The van der Waals surface area contributed by atoms with Crippen LogP contribution in [0.3, 0.4) is 0 Å². The number of piperidine rings is 1. The molecule has 0 bridgehead atoms. The number of carbonyl (C=O) groups is 1. The Bertz CT molecular complexity index is 1390. The van der Waals surface area contributed by atoms with Gasteiger partial charge in [-0.3, -0.25) is 19.1 Å². The average molecular weight is 557 g/mol. The lowest BCUT2D eigenvalue weighted by Crippen LogP contribution is -2.36. The predicted molar refractivity (Wildman–Crippen MR) is 160 cm³/mol. The molecule has 1 aliphatic carbocycles. The highest BCUT2D eigenvalue weighted by atomic mass is 16.2. The first-order chi connectivity index (χ1) is 20.0. The Morgan fingerprint density at radius 3 is 2.59 bits per heavy atom. The van der Waals surface area contributed by atoms with Crippen molar-refractivity contribution in [2.45, 2.75) is 83.7 Å². The third kappa shape index (κ3) is 5.29. The fourth-order valence-corrected chi connectivity index (χ4v) is 7.84. The summed E-state index contributed by atoms with van der Waals surface area (Å²) in [6, 6.07) is 2.69. The molecule has 1 N–H and O–H groups in total. The van der Waals surface area contributed by atoms with E-state index in [4.69, 9.17) is 10.1 Å². The Hall–Kier alpha value is -3.20. The molecule has 3 aromatic rings. The zero-order valence-corrected chi connectivity index (χ0v) is 24.7. The van der Waals surface area contributed by atoms with Crippen molar-refractivity contribution in [1.82, 2.24) is 34.8 Å². The summed E-state index contributed by atoms with van der Waals surface area (Å²) in [5, 5.41) is 13.3. The zero-order chi connectivity index (χ0) is 27.9. The lowest BCUT2D eigenvalue weighted by atomic mass is 9.78. The van der Waals surface area contributed by atoms with Crippen LogP contribution in [0.1, 0.15) is 81.2 Å². The number of pyridine rings is 1. The summed E-state index contributed by atoms with van der Waals surface area (Å²) in [7, 11) is 1.94. The predicted octanol–water partition coefficient (Wildman–Crippen LogP) is 4.79. The number of hydrogen-bond acceptors (Lipinski definition) is 6. The molecule has 0 aromatic carbocycles. The van der Waals surface area contributed by atoms with E-state index in [1.807, 2.05) is 35.2 Å². The SMILES string of the molecule is CC(=O)N1CCc2c(c(N3CCCc4cc(-c5cnn(C)c5)ncc43)nn2C2CCC(CC3CCNCC3)CC2)C1. The number of rotatable bonds is 5. The van der Waals surface area contributed by atoms with Gasteiger partial charge in [0, 0.05) is 56.5 Å². The summed E-state index contributed by atoms with van der Waals surface area (Å²) in [5.74, 6) is 2.96. The molecule has 41 heavy (non-hydrogen) atoms. The molecule has 9 heteroatoms. The van der Waals surface area contributed by atoms with Crippen LogP contribution < -0.4 is 10.2 Å². The number of aromatic nitrogens is 5. The Labute approximate surface area is 243 Å². The maximum atomic E-state index is 12.4. The van der Waals surface area contributed by atoms with E-state index in [1.165, 1.54) is 74.9 Å². The van der Waals surface area contributed by atoms with Gasteiger partial charge >= 0.3 is 0 Å². The van der Waals surface area contributed by atoms with Gasteiger partial charge in [0.1, 0.15) is 0 Å². The van der Waals surface area contributed by atoms with Gasteiger partial charge in [-0.2, -0.15) is 10.2 Å². The lowest BCUT2D eigenvalue weighted by Gasteiger charge is -2.34. The van der Waals surface area contributed by atoms with E-state index in [9.17, 15) is 4.79 Å². The second kappa shape index (κ2) is 11.2. The van der Waals surface area contributed by atoms with Crippen molar-refractivity contribution in [2.24, 2.45) is 18.9 Å². The molecule has 3 aliphatic heterocycles. The summed E-state index contributed by atoms with van der Waals surface area (Å²) in [6.07, 6.45) is 18.1. The summed E-state index contributed by atoms with van der Waals surface area (Å²) >= 11 is 0.